The fraction of sp³-hybridized carbons (Fsp3) is 0.471. The first-order valence-corrected chi connectivity index (χ1v) is 7.38. The van der Waals surface area contributed by atoms with Crippen molar-refractivity contribution in [3.63, 3.8) is 0 Å². The van der Waals surface area contributed by atoms with Crippen LogP contribution in [0.4, 0.5) is 0 Å². The van der Waals surface area contributed by atoms with E-state index in [-0.39, 0.29) is 0 Å². The van der Waals surface area contributed by atoms with Crippen LogP contribution in [0.2, 0.25) is 0 Å². The summed E-state index contributed by atoms with van der Waals surface area (Å²) in [6, 6.07) is 11.4. The fourth-order valence-electron chi connectivity index (χ4n) is 2.69. The van der Waals surface area contributed by atoms with E-state index in [1.54, 1.807) is 0 Å². The van der Waals surface area contributed by atoms with Crippen molar-refractivity contribution in [1.82, 2.24) is 4.98 Å². The van der Waals surface area contributed by atoms with Gasteiger partial charge in [0.05, 0.1) is 0 Å². The van der Waals surface area contributed by atoms with Crippen molar-refractivity contribution in [1.29, 1.82) is 0 Å². The molecule has 2 atom stereocenters. The summed E-state index contributed by atoms with van der Waals surface area (Å²) in [5.74, 6) is 0.697. The number of hydrogen-bond acceptors (Lipinski definition) is 0. The average Bonchev–Trinajstić information content (AvgIpc) is 2.98. The second kappa shape index (κ2) is 7.13. The maximum absolute atomic E-state index is 3.15. The molecule has 102 valence electrons. The van der Waals surface area contributed by atoms with Crippen LogP contribution >= 0.6 is 0 Å². The average molecular weight is 257 g/mol. The Morgan fingerprint density at radius 3 is 2.63 bits per heavy atom. The summed E-state index contributed by atoms with van der Waals surface area (Å²) >= 11 is 0. The van der Waals surface area contributed by atoms with Gasteiger partial charge in [0.1, 0.15) is 18.4 Å². The number of imidazole rings is 1. The largest absolute Gasteiger partial charge is 0.250 e. The highest BCUT2D eigenvalue weighted by Gasteiger charge is 2.22. The summed E-state index contributed by atoms with van der Waals surface area (Å²) in [6.07, 6.45) is 11.2. The van der Waals surface area contributed by atoms with Gasteiger partial charge in [0, 0.05) is 5.92 Å². The Kier molecular flexibility index (Phi) is 5.20. The first kappa shape index (κ1) is 13.9. The highest BCUT2D eigenvalue weighted by molar-refractivity contribution is 5.15. The van der Waals surface area contributed by atoms with Crippen LogP contribution in [0.5, 0.6) is 0 Å². The second-order valence-electron chi connectivity index (χ2n) is 5.39. The number of aromatic amines is 1. The number of hydrogen-bond donors (Lipinski definition) is 1. The molecule has 2 unspecified atom stereocenters. The predicted molar refractivity (Wildman–Crippen MR) is 78.9 cm³/mol. The molecular formula is C17H25N2+. The minimum Gasteiger partial charge on any atom is -0.250 e. The molecule has 1 aromatic heterocycles. The molecule has 0 bridgehead atoms. The molecule has 0 radical (unpaired) electrons. The molecule has 19 heavy (non-hydrogen) atoms. The van der Waals surface area contributed by atoms with Crippen molar-refractivity contribution in [2.45, 2.75) is 45.6 Å². The van der Waals surface area contributed by atoms with Crippen LogP contribution < -0.4 is 4.57 Å². The zero-order valence-corrected chi connectivity index (χ0v) is 12.0. The van der Waals surface area contributed by atoms with E-state index in [1.165, 1.54) is 31.2 Å². The third-order valence-electron chi connectivity index (χ3n) is 3.99. The summed E-state index contributed by atoms with van der Waals surface area (Å²) in [7, 11) is 0. The van der Waals surface area contributed by atoms with Crippen LogP contribution in [0.1, 0.15) is 44.7 Å². The van der Waals surface area contributed by atoms with E-state index >= 15 is 0 Å². The zero-order valence-electron chi connectivity index (χ0n) is 12.0. The summed E-state index contributed by atoms with van der Waals surface area (Å²) in [5, 5.41) is 0. The summed E-state index contributed by atoms with van der Waals surface area (Å²) in [4.78, 5) is 3.15. The van der Waals surface area contributed by atoms with Crippen molar-refractivity contribution >= 4 is 0 Å². The summed E-state index contributed by atoms with van der Waals surface area (Å²) < 4.78 is 2.29. The van der Waals surface area contributed by atoms with Crippen molar-refractivity contribution in [3.8, 4) is 0 Å². The van der Waals surface area contributed by atoms with E-state index in [0.717, 1.165) is 0 Å². The van der Waals surface area contributed by atoms with Gasteiger partial charge in [0.25, 0.3) is 0 Å². The molecule has 2 heteroatoms. The molecule has 2 aromatic rings. The van der Waals surface area contributed by atoms with Crippen LogP contribution in [-0.2, 0) is 6.42 Å². The predicted octanol–water partition coefficient (Wildman–Crippen LogP) is 3.91. The number of nitrogens with one attached hydrogen (secondary N) is 1. The Balaban J connectivity index is 2.07. The number of aromatic nitrogens is 2. The maximum Gasteiger partial charge on any atom is 0.241 e. The second-order valence-corrected chi connectivity index (χ2v) is 5.39. The molecule has 0 amide bonds. The molecular weight excluding hydrogens is 232 g/mol. The Morgan fingerprint density at radius 1 is 1.21 bits per heavy atom. The van der Waals surface area contributed by atoms with Gasteiger partial charge in [-0.1, -0.05) is 50.1 Å². The Bertz CT molecular complexity index is 447. The van der Waals surface area contributed by atoms with E-state index in [4.69, 9.17) is 0 Å². The topological polar surface area (TPSA) is 19.7 Å². The number of unbranched alkanes of at least 4 members (excludes halogenated alkanes) is 1. The van der Waals surface area contributed by atoms with Gasteiger partial charge in [-0.3, -0.25) is 4.98 Å². The van der Waals surface area contributed by atoms with Gasteiger partial charge in [-0.2, -0.15) is 0 Å². The lowest BCUT2D eigenvalue weighted by molar-refractivity contribution is -0.725. The number of rotatable bonds is 7. The summed E-state index contributed by atoms with van der Waals surface area (Å²) in [5.41, 5.74) is 1.45. The van der Waals surface area contributed by atoms with Gasteiger partial charge >= 0.3 is 0 Å². The lowest BCUT2D eigenvalue weighted by atomic mass is 9.88. The quantitative estimate of drug-likeness (QED) is 0.726. The lowest BCUT2D eigenvalue weighted by Crippen LogP contribution is -2.40. The van der Waals surface area contributed by atoms with Crippen molar-refractivity contribution in [2.24, 2.45) is 5.92 Å². The molecule has 0 spiro atoms. The third-order valence-corrected chi connectivity index (χ3v) is 3.99. The van der Waals surface area contributed by atoms with Crippen molar-refractivity contribution in [2.75, 3.05) is 0 Å². The maximum atomic E-state index is 3.15. The zero-order chi connectivity index (χ0) is 13.5. The van der Waals surface area contributed by atoms with E-state index < -0.39 is 0 Å². The molecule has 0 saturated carbocycles. The van der Waals surface area contributed by atoms with Crippen LogP contribution in [0.3, 0.4) is 0 Å². The van der Waals surface area contributed by atoms with E-state index in [0.29, 0.717) is 12.0 Å². The molecule has 1 heterocycles. The first-order valence-electron chi connectivity index (χ1n) is 7.38. The van der Waals surface area contributed by atoms with Gasteiger partial charge in [0.2, 0.25) is 6.33 Å². The monoisotopic (exact) mass is 257 g/mol. The Labute approximate surface area is 116 Å². The van der Waals surface area contributed by atoms with E-state index in [9.17, 15) is 0 Å². The van der Waals surface area contributed by atoms with E-state index in [2.05, 4.69) is 66.3 Å². The molecule has 0 fully saturated rings. The summed E-state index contributed by atoms with van der Waals surface area (Å²) in [6.45, 7) is 4.60. The van der Waals surface area contributed by atoms with E-state index in [1.807, 2.05) is 6.20 Å². The molecule has 2 nitrogen and oxygen atoms in total. The SMILES string of the molecule is CCCCC(Cc1ccccc1)C(C)[n+]1cc[nH]c1. The Hall–Kier alpha value is -1.57. The van der Waals surface area contributed by atoms with Crippen LogP contribution in [0, 0.1) is 5.92 Å². The van der Waals surface area contributed by atoms with Gasteiger partial charge in [-0.05, 0) is 25.3 Å². The number of nitrogens with zero attached hydrogens (tertiary/aromatic N) is 1. The van der Waals surface area contributed by atoms with Crippen LogP contribution in [0.15, 0.2) is 49.1 Å². The fourth-order valence-corrected chi connectivity index (χ4v) is 2.69. The van der Waals surface area contributed by atoms with Crippen LogP contribution in [0.25, 0.3) is 0 Å². The molecule has 1 aromatic carbocycles. The smallest absolute Gasteiger partial charge is 0.241 e. The molecule has 0 aliphatic carbocycles. The van der Waals surface area contributed by atoms with Crippen molar-refractivity contribution in [3.05, 3.63) is 54.6 Å². The first-order chi connectivity index (χ1) is 9.31. The normalized spacial score (nSPS) is 14.2. The minimum atomic E-state index is 0.540. The molecule has 0 aliphatic rings. The van der Waals surface area contributed by atoms with Gasteiger partial charge in [-0.15, -0.1) is 0 Å². The molecule has 2 rings (SSSR count). The molecule has 1 N–H and O–H groups in total. The highest BCUT2D eigenvalue weighted by atomic mass is 15.0. The van der Waals surface area contributed by atoms with Crippen LogP contribution in [-0.4, -0.2) is 4.98 Å². The standard InChI is InChI=1S/C17H24N2/c1-3-4-10-17(13-16-8-6-5-7-9-16)15(2)19-12-11-18-14-19/h5-9,11-12,14-15,17H,3-4,10,13H2,1-2H3/p+1. The highest BCUT2D eigenvalue weighted by Crippen LogP contribution is 2.23. The lowest BCUT2D eigenvalue weighted by Gasteiger charge is -2.21. The molecule has 0 saturated heterocycles. The van der Waals surface area contributed by atoms with Gasteiger partial charge in [-0.25, -0.2) is 4.57 Å². The van der Waals surface area contributed by atoms with Gasteiger partial charge < -0.3 is 0 Å². The number of H-pyrrole nitrogens is 1. The Morgan fingerprint density at radius 2 is 2.00 bits per heavy atom. The minimum absolute atomic E-state index is 0.540. The molecule has 0 aliphatic heterocycles. The van der Waals surface area contributed by atoms with Crippen molar-refractivity contribution < 1.29 is 4.57 Å². The van der Waals surface area contributed by atoms with Gasteiger partial charge in [0.15, 0.2) is 0 Å². The number of benzene rings is 1. The third kappa shape index (κ3) is 3.95.